The van der Waals surface area contributed by atoms with E-state index in [9.17, 15) is 8.42 Å². The zero-order valence-electron chi connectivity index (χ0n) is 8.89. The van der Waals surface area contributed by atoms with E-state index in [-0.39, 0.29) is 18.8 Å². The Balaban J connectivity index is 3.90. The van der Waals surface area contributed by atoms with Gasteiger partial charge in [0.15, 0.2) is 0 Å². The Morgan fingerprint density at radius 3 is 2.43 bits per heavy atom. The van der Waals surface area contributed by atoms with E-state index in [4.69, 9.17) is 0 Å². The molecule has 0 radical (unpaired) electrons. The first-order valence-electron chi connectivity index (χ1n) is 4.53. The van der Waals surface area contributed by atoms with Crippen molar-refractivity contribution in [2.45, 2.75) is 20.4 Å². The Morgan fingerprint density at radius 1 is 1.43 bits per heavy atom. The minimum atomic E-state index is -3.79. The summed E-state index contributed by atoms with van der Waals surface area (Å²) in [6.07, 6.45) is 0.212. The lowest BCUT2D eigenvalue weighted by Gasteiger charge is -2.08. The summed E-state index contributed by atoms with van der Waals surface area (Å²) in [5.74, 6) is 0.169. The molecular weight excluding hydrogens is 220 g/mol. The molecule has 1 unspecified atom stereocenters. The van der Waals surface area contributed by atoms with E-state index in [1.165, 1.54) is 0 Å². The highest BCUT2D eigenvalue weighted by atomic mass is 32.3. The van der Waals surface area contributed by atoms with Crippen molar-refractivity contribution in [3.8, 4) is 0 Å². The van der Waals surface area contributed by atoms with Gasteiger partial charge in [0.05, 0.1) is 21.6 Å². The molecule has 84 valence electrons. The van der Waals surface area contributed by atoms with Crippen LogP contribution >= 0.6 is 0 Å². The highest BCUT2D eigenvalue weighted by Crippen LogP contribution is 2.01. The van der Waals surface area contributed by atoms with Gasteiger partial charge in [0.1, 0.15) is 0 Å². The molecular formula is C8H18O4SSi. The Hall–Kier alpha value is -0.173. The number of hydrogen-bond donors (Lipinski definition) is 0. The molecule has 0 saturated carbocycles. The highest BCUT2D eigenvalue weighted by molar-refractivity contribution is 7.81. The fourth-order valence-electron chi connectivity index (χ4n) is 0.512. The topological polar surface area (TPSA) is 52.6 Å². The average molecular weight is 238 g/mol. The van der Waals surface area contributed by atoms with Gasteiger partial charge in [-0.25, -0.2) is 4.18 Å². The second-order valence-electron chi connectivity index (χ2n) is 3.58. The molecule has 0 bridgehead atoms. The monoisotopic (exact) mass is 238 g/mol. The van der Waals surface area contributed by atoms with Crippen molar-refractivity contribution >= 4 is 19.2 Å². The van der Waals surface area contributed by atoms with E-state index in [1.54, 1.807) is 5.70 Å². The van der Waals surface area contributed by atoms with E-state index in [2.05, 4.69) is 14.9 Å². The standard InChI is InChI=1S/C8H18O4SSi/c1-5-14(4)7-12-13(9,10)11-6-8(2)3/h5,8,14H,1,6-7H2,2-4H3. The smallest absolute Gasteiger partial charge is 0.252 e. The van der Waals surface area contributed by atoms with Gasteiger partial charge in [-0.3, -0.25) is 4.18 Å². The fraction of sp³-hybridized carbons (Fsp3) is 0.750. The molecule has 6 heteroatoms. The molecule has 0 aromatic heterocycles. The quantitative estimate of drug-likeness (QED) is 0.622. The molecule has 0 aliphatic heterocycles. The Morgan fingerprint density at radius 2 is 2.00 bits per heavy atom. The van der Waals surface area contributed by atoms with E-state index >= 15 is 0 Å². The Kier molecular flexibility index (Phi) is 6.26. The summed E-state index contributed by atoms with van der Waals surface area (Å²) < 4.78 is 31.5. The number of rotatable bonds is 7. The van der Waals surface area contributed by atoms with Crippen molar-refractivity contribution in [3.05, 3.63) is 12.3 Å². The van der Waals surface area contributed by atoms with Crippen molar-refractivity contribution in [1.29, 1.82) is 0 Å². The van der Waals surface area contributed by atoms with Crippen LogP contribution in [0.2, 0.25) is 6.55 Å². The second kappa shape index (κ2) is 6.34. The fourth-order valence-corrected chi connectivity index (χ4v) is 2.68. The van der Waals surface area contributed by atoms with Gasteiger partial charge in [-0.1, -0.05) is 20.4 Å². The molecule has 0 aromatic rings. The van der Waals surface area contributed by atoms with Gasteiger partial charge in [-0.2, -0.15) is 8.42 Å². The van der Waals surface area contributed by atoms with E-state index in [0.717, 1.165) is 0 Å². The predicted molar refractivity (Wildman–Crippen MR) is 58.9 cm³/mol. The van der Waals surface area contributed by atoms with Crippen molar-refractivity contribution in [2.75, 3.05) is 12.8 Å². The van der Waals surface area contributed by atoms with Gasteiger partial charge in [-0.05, 0) is 5.92 Å². The summed E-state index contributed by atoms with van der Waals surface area (Å²) >= 11 is 0. The molecule has 0 saturated heterocycles. The molecule has 1 atom stereocenters. The summed E-state index contributed by atoms with van der Waals surface area (Å²) in [6, 6.07) is 0. The minimum absolute atomic E-state index is 0.159. The van der Waals surface area contributed by atoms with Crippen molar-refractivity contribution in [3.63, 3.8) is 0 Å². The summed E-state index contributed by atoms with van der Waals surface area (Å²) in [4.78, 5) is 0. The van der Waals surface area contributed by atoms with Crippen LogP contribution in [0.25, 0.3) is 0 Å². The largest absolute Gasteiger partial charge is 0.399 e. The first-order chi connectivity index (χ1) is 6.37. The van der Waals surface area contributed by atoms with Gasteiger partial charge >= 0.3 is 10.4 Å². The summed E-state index contributed by atoms with van der Waals surface area (Å²) in [5, 5.41) is 0. The van der Waals surface area contributed by atoms with Crippen LogP contribution in [0.15, 0.2) is 12.3 Å². The second-order valence-corrected chi connectivity index (χ2v) is 7.63. The summed E-state index contributed by atoms with van der Waals surface area (Å²) in [6.45, 7) is 9.43. The molecule has 0 spiro atoms. The van der Waals surface area contributed by atoms with Crippen LogP contribution in [0.4, 0.5) is 0 Å². The van der Waals surface area contributed by atoms with Crippen LogP contribution in [0.3, 0.4) is 0 Å². The van der Waals surface area contributed by atoms with Crippen LogP contribution < -0.4 is 0 Å². The normalized spacial score (nSPS) is 14.3. The predicted octanol–water partition coefficient (Wildman–Crippen LogP) is 1.04. The van der Waals surface area contributed by atoms with Gasteiger partial charge in [0.25, 0.3) is 0 Å². The van der Waals surface area contributed by atoms with Crippen LogP contribution in [-0.4, -0.2) is 30.1 Å². The first kappa shape index (κ1) is 13.8. The van der Waals surface area contributed by atoms with Gasteiger partial charge in [0, 0.05) is 0 Å². The van der Waals surface area contributed by atoms with Gasteiger partial charge in [0.2, 0.25) is 0 Å². The summed E-state index contributed by atoms with van der Waals surface area (Å²) in [7, 11) is -5.04. The first-order valence-corrected chi connectivity index (χ1v) is 8.51. The average Bonchev–Trinajstić information content (AvgIpc) is 2.11. The molecule has 0 fully saturated rings. The van der Waals surface area contributed by atoms with Crippen molar-refractivity contribution in [1.82, 2.24) is 0 Å². The molecule has 0 amide bonds. The van der Waals surface area contributed by atoms with E-state index in [0.29, 0.717) is 0 Å². The molecule has 0 aliphatic carbocycles. The molecule has 0 rings (SSSR count). The maximum atomic E-state index is 11.1. The molecule has 0 N–H and O–H groups in total. The lowest BCUT2D eigenvalue weighted by molar-refractivity contribution is 0.213. The maximum absolute atomic E-state index is 11.1. The Bertz CT molecular complexity index is 261. The maximum Gasteiger partial charge on any atom is 0.399 e. The third-order valence-electron chi connectivity index (χ3n) is 1.42. The van der Waals surface area contributed by atoms with E-state index in [1.807, 2.05) is 20.4 Å². The van der Waals surface area contributed by atoms with E-state index < -0.39 is 19.2 Å². The Labute approximate surface area is 87.9 Å². The summed E-state index contributed by atoms with van der Waals surface area (Å²) in [5.41, 5.74) is 1.76. The third-order valence-corrected chi connectivity index (χ3v) is 4.01. The van der Waals surface area contributed by atoms with Crippen molar-refractivity contribution < 1.29 is 16.8 Å². The van der Waals surface area contributed by atoms with Gasteiger partial charge in [-0.15, -0.1) is 12.3 Å². The molecule has 4 nitrogen and oxygen atoms in total. The zero-order chi connectivity index (χ0) is 11.2. The molecule has 0 aliphatic rings. The molecule has 0 aromatic carbocycles. The SMILES string of the molecule is C=C[SiH](C)COS(=O)(=O)OCC(C)C. The lowest BCUT2D eigenvalue weighted by atomic mass is 10.2. The molecule has 14 heavy (non-hydrogen) atoms. The van der Waals surface area contributed by atoms with Crippen LogP contribution in [0.5, 0.6) is 0 Å². The van der Waals surface area contributed by atoms with Crippen LogP contribution in [0.1, 0.15) is 13.8 Å². The number of hydrogen-bond acceptors (Lipinski definition) is 4. The van der Waals surface area contributed by atoms with Gasteiger partial charge < -0.3 is 0 Å². The minimum Gasteiger partial charge on any atom is -0.252 e. The van der Waals surface area contributed by atoms with Crippen LogP contribution in [-0.2, 0) is 18.8 Å². The third kappa shape index (κ3) is 7.25. The highest BCUT2D eigenvalue weighted by Gasteiger charge is 2.14. The van der Waals surface area contributed by atoms with Crippen molar-refractivity contribution in [2.24, 2.45) is 5.92 Å². The lowest BCUT2D eigenvalue weighted by Crippen LogP contribution is -2.20. The zero-order valence-corrected chi connectivity index (χ0v) is 10.9. The molecule has 0 heterocycles. The van der Waals surface area contributed by atoms with Crippen LogP contribution in [0, 0.1) is 5.92 Å².